The van der Waals surface area contributed by atoms with E-state index in [4.69, 9.17) is 0 Å². The van der Waals surface area contributed by atoms with Gasteiger partial charge in [0.15, 0.2) is 0 Å². The van der Waals surface area contributed by atoms with Crippen molar-refractivity contribution in [3.63, 3.8) is 0 Å². The molecule has 2 aromatic rings. The normalized spacial score (nSPS) is 13.5. The van der Waals surface area contributed by atoms with E-state index in [9.17, 15) is 9.59 Å². The lowest BCUT2D eigenvalue weighted by Gasteiger charge is -2.14. The van der Waals surface area contributed by atoms with E-state index in [1.54, 1.807) is 0 Å². The number of benzene rings is 1. The molecule has 2 amide bonds. The number of carbonyl (C=O) groups is 2. The number of imide groups is 1. The highest BCUT2D eigenvalue weighted by molar-refractivity contribution is 9.12. The number of carbonyl (C=O) groups excluding carboxylic acids is 2. The van der Waals surface area contributed by atoms with Gasteiger partial charge in [0.2, 0.25) is 0 Å². The van der Waals surface area contributed by atoms with Gasteiger partial charge in [0, 0.05) is 6.54 Å². The number of fused-ring (bicyclic) bond motifs is 1. The van der Waals surface area contributed by atoms with Gasteiger partial charge in [0.25, 0.3) is 11.8 Å². The van der Waals surface area contributed by atoms with E-state index in [-0.39, 0.29) is 11.8 Å². The molecule has 26 heavy (non-hydrogen) atoms. The highest BCUT2D eigenvalue weighted by Crippen LogP contribution is 2.41. The summed E-state index contributed by atoms with van der Waals surface area (Å²) in [7, 11) is 0. The first kappa shape index (κ1) is 19.8. The fourth-order valence-corrected chi connectivity index (χ4v) is 6.37. The van der Waals surface area contributed by atoms with Crippen LogP contribution in [0.1, 0.15) is 64.8 Å². The highest BCUT2D eigenvalue weighted by Gasteiger charge is 2.40. The third-order valence-corrected chi connectivity index (χ3v) is 7.21. The summed E-state index contributed by atoms with van der Waals surface area (Å²) in [5.41, 5.74) is 2.45. The predicted octanol–water partition coefficient (Wildman–Crippen LogP) is 6.45. The number of hydrogen-bond acceptors (Lipinski definition) is 3. The maximum absolute atomic E-state index is 12.4. The second-order valence-corrected chi connectivity index (χ2v) is 10.2. The Hall–Kier alpha value is -0.980. The van der Waals surface area contributed by atoms with E-state index in [1.165, 1.54) is 41.1 Å². The van der Waals surface area contributed by atoms with Gasteiger partial charge in [-0.15, -0.1) is 11.3 Å². The summed E-state index contributed by atoms with van der Waals surface area (Å²) >= 11 is 8.16. The van der Waals surface area contributed by atoms with E-state index in [1.807, 2.05) is 0 Å². The van der Waals surface area contributed by atoms with Crippen molar-refractivity contribution in [1.29, 1.82) is 0 Å². The molecule has 1 aromatic carbocycles. The minimum absolute atomic E-state index is 0.165. The Kier molecular flexibility index (Phi) is 7.06. The minimum Gasteiger partial charge on any atom is -0.274 e. The van der Waals surface area contributed by atoms with Gasteiger partial charge < -0.3 is 0 Å². The Labute approximate surface area is 175 Å². The van der Waals surface area contributed by atoms with Crippen LogP contribution in [0.2, 0.25) is 0 Å². The molecule has 3 nitrogen and oxygen atoms in total. The van der Waals surface area contributed by atoms with Crippen LogP contribution >= 0.6 is 43.2 Å². The molecular formula is C20H21Br2NO2S. The SMILES string of the molecule is O=C1c2c(Br)sc(Br)c2C(=O)N1CCCCCCCCc1ccccc1. The molecule has 1 aromatic heterocycles. The molecule has 0 bridgehead atoms. The minimum atomic E-state index is -0.165. The Bertz CT molecular complexity index is 752. The Morgan fingerprint density at radius 2 is 1.31 bits per heavy atom. The molecule has 0 atom stereocenters. The van der Waals surface area contributed by atoms with Crippen LogP contribution in [0.3, 0.4) is 0 Å². The van der Waals surface area contributed by atoms with Gasteiger partial charge in [-0.05, 0) is 56.7 Å². The third-order valence-electron chi connectivity index (χ3n) is 4.68. The number of unbranched alkanes of at least 4 members (excludes halogenated alkanes) is 5. The molecule has 6 heteroatoms. The van der Waals surface area contributed by atoms with Crippen molar-refractivity contribution >= 4 is 55.0 Å². The fraction of sp³-hybridized carbons (Fsp3) is 0.400. The molecule has 0 fully saturated rings. The van der Waals surface area contributed by atoms with Crippen molar-refractivity contribution in [3.05, 3.63) is 54.6 Å². The Balaban J connectivity index is 1.33. The van der Waals surface area contributed by atoms with Crippen LogP contribution in [0.15, 0.2) is 37.9 Å². The molecule has 0 N–H and O–H groups in total. The number of rotatable bonds is 9. The van der Waals surface area contributed by atoms with Crippen molar-refractivity contribution in [2.75, 3.05) is 6.54 Å². The molecule has 138 valence electrons. The van der Waals surface area contributed by atoms with Crippen molar-refractivity contribution < 1.29 is 9.59 Å². The van der Waals surface area contributed by atoms with Gasteiger partial charge in [-0.1, -0.05) is 56.0 Å². The predicted molar refractivity (Wildman–Crippen MR) is 113 cm³/mol. The van der Waals surface area contributed by atoms with E-state index in [0.717, 1.165) is 33.3 Å². The number of nitrogens with zero attached hydrogens (tertiary/aromatic N) is 1. The van der Waals surface area contributed by atoms with E-state index >= 15 is 0 Å². The molecule has 0 saturated carbocycles. The first-order chi connectivity index (χ1) is 12.6. The number of amides is 2. The summed E-state index contributed by atoms with van der Waals surface area (Å²) in [6, 6.07) is 10.6. The second kappa shape index (κ2) is 9.29. The van der Waals surface area contributed by atoms with Crippen LogP contribution in [-0.2, 0) is 6.42 Å². The quantitative estimate of drug-likeness (QED) is 0.294. The molecule has 0 spiro atoms. The molecule has 0 saturated heterocycles. The van der Waals surface area contributed by atoms with Crippen molar-refractivity contribution in [2.45, 2.75) is 44.9 Å². The summed E-state index contributed by atoms with van der Waals surface area (Å²) in [6.45, 7) is 0.514. The maximum atomic E-state index is 12.4. The monoisotopic (exact) mass is 497 g/mol. The van der Waals surface area contributed by atoms with Crippen molar-refractivity contribution in [1.82, 2.24) is 4.90 Å². The highest BCUT2D eigenvalue weighted by atomic mass is 79.9. The van der Waals surface area contributed by atoms with E-state index in [0.29, 0.717) is 17.7 Å². The lowest BCUT2D eigenvalue weighted by Crippen LogP contribution is -2.31. The standard InChI is InChI=1S/C20H21Br2NO2S/c21-17-15-16(18(22)26-17)20(25)23(19(15)24)13-9-4-2-1-3-6-10-14-11-7-5-8-12-14/h5,7-8,11-12H,1-4,6,9-10,13H2. The fourth-order valence-electron chi connectivity index (χ4n) is 3.28. The van der Waals surface area contributed by atoms with Crippen LogP contribution in [0.4, 0.5) is 0 Å². The zero-order valence-corrected chi connectivity index (χ0v) is 18.5. The van der Waals surface area contributed by atoms with Crippen LogP contribution in [-0.4, -0.2) is 23.3 Å². The molecule has 1 aliphatic heterocycles. The summed E-state index contributed by atoms with van der Waals surface area (Å²) < 4.78 is 1.47. The van der Waals surface area contributed by atoms with Gasteiger partial charge in [0.1, 0.15) is 0 Å². The molecular weight excluding hydrogens is 478 g/mol. The molecule has 0 aliphatic carbocycles. The average Bonchev–Trinajstić information content (AvgIpc) is 3.07. The summed E-state index contributed by atoms with van der Waals surface area (Å²) in [6.07, 6.45) is 7.88. The second-order valence-electron chi connectivity index (χ2n) is 6.52. The zero-order valence-electron chi connectivity index (χ0n) is 14.5. The molecule has 3 rings (SSSR count). The summed E-state index contributed by atoms with van der Waals surface area (Å²) in [5.74, 6) is -0.330. The summed E-state index contributed by atoms with van der Waals surface area (Å²) in [5, 5.41) is 0. The third kappa shape index (κ3) is 4.46. The van der Waals surface area contributed by atoms with Gasteiger partial charge in [0.05, 0.1) is 18.7 Å². The van der Waals surface area contributed by atoms with Crippen LogP contribution in [0.25, 0.3) is 0 Å². The first-order valence-corrected chi connectivity index (χ1v) is 11.4. The lowest BCUT2D eigenvalue weighted by molar-refractivity contribution is 0.0651. The maximum Gasteiger partial charge on any atom is 0.263 e. The molecule has 2 heterocycles. The first-order valence-electron chi connectivity index (χ1n) is 8.97. The number of halogens is 2. The molecule has 0 unspecified atom stereocenters. The van der Waals surface area contributed by atoms with Gasteiger partial charge in [-0.2, -0.15) is 0 Å². The van der Waals surface area contributed by atoms with Crippen molar-refractivity contribution in [3.8, 4) is 0 Å². The average molecular weight is 499 g/mol. The Morgan fingerprint density at radius 1 is 0.769 bits per heavy atom. The van der Waals surface area contributed by atoms with Gasteiger partial charge in [-0.25, -0.2) is 0 Å². The van der Waals surface area contributed by atoms with E-state index in [2.05, 4.69) is 62.2 Å². The smallest absolute Gasteiger partial charge is 0.263 e. The largest absolute Gasteiger partial charge is 0.274 e. The van der Waals surface area contributed by atoms with Crippen LogP contribution in [0, 0.1) is 0 Å². The van der Waals surface area contributed by atoms with Crippen LogP contribution < -0.4 is 0 Å². The van der Waals surface area contributed by atoms with Crippen molar-refractivity contribution in [2.24, 2.45) is 0 Å². The lowest BCUT2D eigenvalue weighted by atomic mass is 10.0. The zero-order chi connectivity index (χ0) is 18.5. The van der Waals surface area contributed by atoms with E-state index < -0.39 is 0 Å². The Morgan fingerprint density at radius 3 is 1.92 bits per heavy atom. The van der Waals surface area contributed by atoms with Gasteiger partial charge in [-0.3, -0.25) is 14.5 Å². The number of hydrogen-bond donors (Lipinski definition) is 0. The summed E-state index contributed by atoms with van der Waals surface area (Å²) in [4.78, 5) is 26.3. The van der Waals surface area contributed by atoms with Gasteiger partial charge >= 0.3 is 0 Å². The topological polar surface area (TPSA) is 37.4 Å². The molecule has 1 aliphatic rings. The number of aryl methyl sites for hydroxylation is 1. The molecule has 0 radical (unpaired) electrons. The van der Waals surface area contributed by atoms with Crippen LogP contribution in [0.5, 0.6) is 0 Å². The number of thiophene rings is 1.